The smallest absolute Gasteiger partial charge is 0.241 e. The Morgan fingerprint density at radius 3 is 2.67 bits per heavy atom. The summed E-state index contributed by atoms with van der Waals surface area (Å²) in [6, 6.07) is 12.8. The number of amides is 1. The molecule has 0 radical (unpaired) electrons. The van der Waals surface area contributed by atoms with Crippen molar-refractivity contribution in [2.24, 2.45) is 5.73 Å². The number of halogens is 1. The Hall–Kier alpha value is -1.91. The fraction of sp³-hybridized carbons (Fsp3) is 0.250. The molecule has 1 aromatic carbocycles. The van der Waals surface area contributed by atoms with Crippen LogP contribution in [0.25, 0.3) is 0 Å². The molecule has 2 aromatic rings. The summed E-state index contributed by atoms with van der Waals surface area (Å²) in [7, 11) is 0. The highest BCUT2D eigenvalue weighted by molar-refractivity contribution is 6.29. The van der Waals surface area contributed by atoms with Crippen molar-refractivity contribution in [3.63, 3.8) is 0 Å². The van der Waals surface area contributed by atoms with Crippen molar-refractivity contribution < 1.29 is 4.79 Å². The van der Waals surface area contributed by atoms with Crippen LogP contribution in [0, 0.1) is 6.92 Å². The normalized spacial score (nSPS) is 12.0. The molecule has 0 saturated carbocycles. The van der Waals surface area contributed by atoms with Gasteiger partial charge >= 0.3 is 0 Å². The second-order valence-corrected chi connectivity index (χ2v) is 5.27. The summed E-state index contributed by atoms with van der Waals surface area (Å²) >= 11 is 5.79. The summed E-state index contributed by atoms with van der Waals surface area (Å²) in [6.07, 6.45) is 1.36. The minimum Gasteiger partial charge on any atom is -0.323 e. The standard InChI is InChI=1S/C16H18ClN3O/c1-11-14(9-10-15(17)19-11)20-16(21)13(18)8-7-12-5-3-2-4-6-12/h2-6,9-10,13H,7-8,18H2,1H3,(H,20,21). The van der Waals surface area contributed by atoms with Crippen molar-refractivity contribution in [1.82, 2.24) is 4.98 Å². The minimum absolute atomic E-state index is 0.210. The second-order valence-electron chi connectivity index (χ2n) is 4.89. The number of hydrogen-bond acceptors (Lipinski definition) is 3. The van der Waals surface area contributed by atoms with E-state index in [-0.39, 0.29) is 5.91 Å². The number of aryl methyl sites for hydroxylation is 2. The van der Waals surface area contributed by atoms with Crippen LogP contribution in [0.2, 0.25) is 5.15 Å². The molecule has 1 atom stereocenters. The van der Waals surface area contributed by atoms with Gasteiger partial charge in [0, 0.05) is 0 Å². The monoisotopic (exact) mass is 303 g/mol. The van der Waals surface area contributed by atoms with E-state index in [1.807, 2.05) is 30.3 Å². The molecule has 1 aromatic heterocycles. The van der Waals surface area contributed by atoms with Crippen LogP contribution in [0.4, 0.5) is 5.69 Å². The van der Waals surface area contributed by atoms with Gasteiger partial charge in [-0.2, -0.15) is 0 Å². The number of nitrogens with zero attached hydrogens (tertiary/aromatic N) is 1. The van der Waals surface area contributed by atoms with Crippen LogP contribution in [-0.4, -0.2) is 16.9 Å². The van der Waals surface area contributed by atoms with E-state index in [1.54, 1.807) is 19.1 Å². The number of benzene rings is 1. The van der Waals surface area contributed by atoms with Crippen molar-refractivity contribution in [2.45, 2.75) is 25.8 Å². The molecule has 0 aliphatic carbocycles. The second kappa shape index (κ2) is 7.20. The van der Waals surface area contributed by atoms with Gasteiger partial charge in [0.25, 0.3) is 0 Å². The van der Waals surface area contributed by atoms with Gasteiger partial charge in [-0.15, -0.1) is 0 Å². The van der Waals surface area contributed by atoms with Crippen molar-refractivity contribution in [3.8, 4) is 0 Å². The summed E-state index contributed by atoms with van der Waals surface area (Å²) in [5.74, 6) is -0.210. The lowest BCUT2D eigenvalue weighted by atomic mass is 10.1. The molecule has 1 heterocycles. The van der Waals surface area contributed by atoms with Gasteiger partial charge in [0.05, 0.1) is 17.4 Å². The number of rotatable bonds is 5. The number of pyridine rings is 1. The zero-order chi connectivity index (χ0) is 15.2. The molecule has 2 rings (SSSR count). The van der Waals surface area contributed by atoms with Gasteiger partial charge in [0.1, 0.15) is 5.15 Å². The first-order chi connectivity index (χ1) is 10.1. The third kappa shape index (κ3) is 4.55. The first-order valence-electron chi connectivity index (χ1n) is 6.80. The van der Waals surface area contributed by atoms with Crippen molar-refractivity contribution in [1.29, 1.82) is 0 Å². The molecule has 0 fully saturated rings. The summed E-state index contributed by atoms with van der Waals surface area (Å²) in [4.78, 5) is 16.2. The molecule has 0 spiro atoms. The Balaban J connectivity index is 1.90. The molecule has 0 saturated heterocycles. The average Bonchev–Trinajstić information content (AvgIpc) is 2.48. The maximum atomic E-state index is 12.1. The van der Waals surface area contributed by atoms with Crippen LogP contribution in [0.15, 0.2) is 42.5 Å². The minimum atomic E-state index is -0.555. The molecule has 5 heteroatoms. The highest BCUT2D eigenvalue weighted by Crippen LogP contribution is 2.16. The largest absolute Gasteiger partial charge is 0.323 e. The topological polar surface area (TPSA) is 68.0 Å². The number of hydrogen-bond donors (Lipinski definition) is 2. The van der Waals surface area contributed by atoms with Crippen molar-refractivity contribution in [3.05, 3.63) is 58.9 Å². The Morgan fingerprint density at radius 1 is 1.29 bits per heavy atom. The van der Waals surface area contributed by atoms with Crippen LogP contribution in [0.1, 0.15) is 17.7 Å². The summed E-state index contributed by atoms with van der Waals surface area (Å²) in [5.41, 5.74) is 8.42. The number of aromatic nitrogens is 1. The zero-order valence-corrected chi connectivity index (χ0v) is 12.6. The van der Waals surface area contributed by atoms with Gasteiger partial charge < -0.3 is 11.1 Å². The van der Waals surface area contributed by atoms with Gasteiger partial charge in [0.15, 0.2) is 0 Å². The lowest BCUT2D eigenvalue weighted by molar-refractivity contribution is -0.117. The molecule has 0 aliphatic heterocycles. The Bertz CT molecular complexity index is 616. The van der Waals surface area contributed by atoms with Crippen LogP contribution in [0.3, 0.4) is 0 Å². The number of anilines is 1. The molecule has 1 unspecified atom stereocenters. The number of carbonyl (C=O) groups is 1. The van der Waals surface area contributed by atoms with E-state index in [4.69, 9.17) is 17.3 Å². The maximum absolute atomic E-state index is 12.1. The van der Waals surface area contributed by atoms with E-state index >= 15 is 0 Å². The summed E-state index contributed by atoms with van der Waals surface area (Å²) < 4.78 is 0. The number of nitrogens with two attached hydrogens (primary N) is 1. The number of nitrogens with one attached hydrogen (secondary N) is 1. The Kier molecular flexibility index (Phi) is 5.31. The SMILES string of the molecule is Cc1nc(Cl)ccc1NC(=O)C(N)CCc1ccccc1. The Labute approximate surface area is 129 Å². The van der Waals surface area contributed by atoms with E-state index in [0.29, 0.717) is 23.0 Å². The third-order valence-corrected chi connectivity index (χ3v) is 3.44. The zero-order valence-electron chi connectivity index (χ0n) is 11.8. The predicted molar refractivity (Wildman–Crippen MR) is 85.4 cm³/mol. The van der Waals surface area contributed by atoms with Gasteiger partial charge in [-0.1, -0.05) is 41.9 Å². The van der Waals surface area contributed by atoms with E-state index in [1.165, 1.54) is 5.56 Å². The predicted octanol–water partition coefficient (Wildman–Crippen LogP) is 2.94. The van der Waals surface area contributed by atoms with Gasteiger partial charge in [-0.25, -0.2) is 4.98 Å². The molecular weight excluding hydrogens is 286 g/mol. The first-order valence-corrected chi connectivity index (χ1v) is 7.17. The summed E-state index contributed by atoms with van der Waals surface area (Å²) in [5, 5.41) is 3.19. The number of carbonyl (C=O) groups excluding carboxylic acids is 1. The van der Waals surface area contributed by atoms with E-state index in [9.17, 15) is 4.79 Å². The molecule has 110 valence electrons. The quantitative estimate of drug-likeness (QED) is 0.835. The van der Waals surface area contributed by atoms with E-state index < -0.39 is 6.04 Å². The molecule has 21 heavy (non-hydrogen) atoms. The van der Waals surface area contributed by atoms with E-state index in [2.05, 4.69) is 10.3 Å². The first kappa shape index (κ1) is 15.5. The van der Waals surface area contributed by atoms with Crippen LogP contribution < -0.4 is 11.1 Å². The van der Waals surface area contributed by atoms with Gasteiger partial charge in [-0.3, -0.25) is 4.79 Å². The lowest BCUT2D eigenvalue weighted by Crippen LogP contribution is -2.36. The van der Waals surface area contributed by atoms with Gasteiger partial charge in [-0.05, 0) is 37.5 Å². The fourth-order valence-electron chi connectivity index (χ4n) is 1.99. The fourth-order valence-corrected chi connectivity index (χ4v) is 2.18. The van der Waals surface area contributed by atoms with Crippen LogP contribution >= 0.6 is 11.6 Å². The molecular formula is C16H18ClN3O. The molecule has 0 aliphatic rings. The highest BCUT2D eigenvalue weighted by atomic mass is 35.5. The average molecular weight is 304 g/mol. The molecule has 1 amide bonds. The van der Waals surface area contributed by atoms with Crippen LogP contribution in [-0.2, 0) is 11.2 Å². The van der Waals surface area contributed by atoms with E-state index in [0.717, 1.165) is 6.42 Å². The van der Waals surface area contributed by atoms with Crippen molar-refractivity contribution >= 4 is 23.2 Å². The Morgan fingerprint density at radius 2 is 2.00 bits per heavy atom. The summed E-state index contributed by atoms with van der Waals surface area (Å²) in [6.45, 7) is 1.79. The van der Waals surface area contributed by atoms with Gasteiger partial charge in [0.2, 0.25) is 5.91 Å². The highest BCUT2D eigenvalue weighted by Gasteiger charge is 2.14. The molecule has 0 bridgehead atoms. The maximum Gasteiger partial charge on any atom is 0.241 e. The third-order valence-electron chi connectivity index (χ3n) is 3.23. The molecule has 3 N–H and O–H groups in total. The van der Waals surface area contributed by atoms with Crippen LogP contribution in [0.5, 0.6) is 0 Å². The van der Waals surface area contributed by atoms with Crippen molar-refractivity contribution in [2.75, 3.05) is 5.32 Å². The molecule has 4 nitrogen and oxygen atoms in total. The lowest BCUT2D eigenvalue weighted by Gasteiger charge is -2.13.